The highest BCUT2D eigenvalue weighted by Crippen LogP contribution is 2.13. The van der Waals surface area contributed by atoms with E-state index in [1.807, 2.05) is 31.2 Å². The maximum atomic E-state index is 11.0. The number of nitrogens with zero attached hydrogens (tertiary/aromatic N) is 1. The van der Waals surface area contributed by atoms with E-state index in [2.05, 4.69) is 5.16 Å². The summed E-state index contributed by atoms with van der Waals surface area (Å²) in [5.41, 5.74) is 6.90. The van der Waals surface area contributed by atoms with Gasteiger partial charge in [-0.1, -0.05) is 35.8 Å². The minimum absolute atomic E-state index is 0.00151. The Morgan fingerprint density at radius 3 is 2.65 bits per heavy atom. The molecule has 0 saturated heterocycles. The van der Waals surface area contributed by atoms with Gasteiger partial charge in [0.1, 0.15) is 5.84 Å². The van der Waals surface area contributed by atoms with E-state index in [-0.39, 0.29) is 12.5 Å². The minimum Gasteiger partial charge on any atom is -0.463 e. The lowest BCUT2D eigenvalue weighted by molar-refractivity contribution is -0.148. The second-order valence-electron chi connectivity index (χ2n) is 4.33. The van der Waals surface area contributed by atoms with Crippen molar-refractivity contribution in [2.24, 2.45) is 16.8 Å². The van der Waals surface area contributed by atoms with Crippen molar-refractivity contribution in [2.45, 2.75) is 20.3 Å². The molecule has 1 aromatic carbocycles. The Hall–Kier alpha value is -1.75. The third-order valence-electron chi connectivity index (χ3n) is 2.62. The molecule has 0 aliphatic heterocycles. The van der Waals surface area contributed by atoms with E-state index in [9.17, 15) is 4.79 Å². The summed E-state index contributed by atoms with van der Waals surface area (Å²) in [6.07, 6.45) is 0.718. The molecule has 110 valence electrons. The second kappa shape index (κ2) is 8.43. The molecule has 0 aliphatic rings. The first-order valence-electron chi connectivity index (χ1n) is 6.38. The van der Waals surface area contributed by atoms with Crippen molar-refractivity contribution in [3.8, 4) is 0 Å². The number of nitrogens with two attached hydrogens (primary N) is 1. The van der Waals surface area contributed by atoms with Crippen LogP contribution in [-0.2, 0) is 20.8 Å². The Balaban J connectivity index is 2.43. The lowest BCUT2D eigenvalue weighted by atomic mass is 10.0. The Morgan fingerprint density at radius 1 is 1.40 bits per heavy atom. The molecule has 0 aromatic heterocycles. The van der Waals surface area contributed by atoms with Crippen molar-refractivity contribution in [3.05, 3.63) is 34.9 Å². The van der Waals surface area contributed by atoms with Crippen molar-refractivity contribution in [1.82, 2.24) is 0 Å². The van der Waals surface area contributed by atoms with Gasteiger partial charge in [0.05, 0.1) is 6.61 Å². The van der Waals surface area contributed by atoms with Crippen LogP contribution >= 0.6 is 11.6 Å². The zero-order valence-electron chi connectivity index (χ0n) is 11.6. The van der Waals surface area contributed by atoms with E-state index in [1.165, 1.54) is 0 Å². The van der Waals surface area contributed by atoms with E-state index in [0.29, 0.717) is 17.5 Å². The molecule has 2 N–H and O–H groups in total. The van der Waals surface area contributed by atoms with Crippen LogP contribution in [0.3, 0.4) is 0 Å². The molecule has 5 nitrogen and oxygen atoms in total. The SMILES string of the molecule is CCOC(=O)CO/N=C(\N)[C@@H](C)Cc1ccc(Cl)cc1. The van der Waals surface area contributed by atoms with Crippen LogP contribution in [0.25, 0.3) is 0 Å². The first-order valence-corrected chi connectivity index (χ1v) is 6.76. The van der Waals surface area contributed by atoms with Gasteiger partial charge in [-0.25, -0.2) is 4.79 Å². The van der Waals surface area contributed by atoms with Crippen LogP contribution < -0.4 is 5.73 Å². The molecule has 0 fully saturated rings. The molecule has 0 saturated carbocycles. The highest BCUT2D eigenvalue weighted by atomic mass is 35.5. The lowest BCUT2D eigenvalue weighted by Gasteiger charge is -2.10. The van der Waals surface area contributed by atoms with Crippen LogP contribution in [-0.4, -0.2) is 25.0 Å². The molecule has 0 spiro atoms. The standard InChI is InChI=1S/C14H19ClN2O3/c1-3-19-13(18)9-20-17-14(16)10(2)8-11-4-6-12(15)7-5-11/h4-7,10H,3,8-9H2,1-2H3,(H2,16,17)/t10-/m0/s1. The van der Waals surface area contributed by atoms with E-state index in [1.54, 1.807) is 6.92 Å². The normalized spacial score (nSPS) is 12.8. The number of amidine groups is 1. The molecule has 0 aliphatic carbocycles. The molecule has 1 atom stereocenters. The summed E-state index contributed by atoms with van der Waals surface area (Å²) in [7, 11) is 0. The zero-order valence-corrected chi connectivity index (χ0v) is 12.4. The summed E-state index contributed by atoms with van der Waals surface area (Å²) in [6, 6.07) is 7.53. The number of ether oxygens (including phenoxy) is 1. The van der Waals surface area contributed by atoms with Gasteiger partial charge in [0, 0.05) is 10.9 Å². The van der Waals surface area contributed by atoms with Crippen LogP contribution in [0.1, 0.15) is 19.4 Å². The molecule has 0 radical (unpaired) electrons. The Labute approximate surface area is 123 Å². The fourth-order valence-electron chi connectivity index (χ4n) is 1.53. The summed E-state index contributed by atoms with van der Waals surface area (Å²) in [5.74, 6) is -0.128. The highest BCUT2D eigenvalue weighted by Gasteiger charge is 2.09. The topological polar surface area (TPSA) is 73.9 Å². The van der Waals surface area contributed by atoms with Gasteiger partial charge >= 0.3 is 5.97 Å². The molecular formula is C14H19ClN2O3. The smallest absolute Gasteiger partial charge is 0.347 e. The molecule has 1 rings (SSSR count). The lowest BCUT2D eigenvalue weighted by Crippen LogP contribution is -2.24. The van der Waals surface area contributed by atoms with Crippen LogP contribution in [0.2, 0.25) is 5.02 Å². The van der Waals surface area contributed by atoms with Gasteiger partial charge in [-0.2, -0.15) is 0 Å². The van der Waals surface area contributed by atoms with Gasteiger partial charge in [0.2, 0.25) is 6.61 Å². The van der Waals surface area contributed by atoms with Crippen LogP contribution in [0.4, 0.5) is 0 Å². The third kappa shape index (κ3) is 5.93. The van der Waals surface area contributed by atoms with Crippen LogP contribution in [0.15, 0.2) is 29.4 Å². The quantitative estimate of drug-likeness (QED) is 0.363. The summed E-state index contributed by atoms with van der Waals surface area (Å²) in [6.45, 7) is 3.74. The van der Waals surface area contributed by atoms with Gasteiger partial charge in [-0.05, 0) is 31.0 Å². The van der Waals surface area contributed by atoms with E-state index in [4.69, 9.17) is 26.9 Å². The number of esters is 1. The first kappa shape index (κ1) is 16.3. The minimum atomic E-state index is -0.464. The van der Waals surface area contributed by atoms with Gasteiger partial charge in [0.15, 0.2) is 0 Å². The summed E-state index contributed by atoms with van der Waals surface area (Å²) >= 11 is 5.82. The summed E-state index contributed by atoms with van der Waals surface area (Å²) in [4.78, 5) is 15.9. The van der Waals surface area contributed by atoms with Crippen LogP contribution in [0, 0.1) is 5.92 Å². The fraction of sp³-hybridized carbons (Fsp3) is 0.429. The molecule has 0 heterocycles. The number of carbonyl (C=O) groups is 1. The third-order valence-corrected chi connectivity index (χ3v) is 2.87. The molecule has 0 bridgehead atoms. The summed E-state index contributed by atoms with van der Waals surface area (Å²) < 4.78 is 4.70. The average Bonchev–Trinajstić information content (AvgIpc) is 2.41. The maximum Gasteiger partial charge on any atom is 0.347 e. The predicted octanol–water partition coefficient (Wildman–Crippen LogP) is 2.37. The molecule has 0 amide bonds. The number of hydrogen-bond acceptors (Lipinski definition) is 4. The van der Waals surface area contributed by atoms with Gasteiger partial charge in [-0.15, -0.1) is 0 Å². The number of benzene rings is 1. The predicted molar refractivity (Wildman–Crippen MR) is 78.5 cm³/mol. The van der Waals surface area contributed by atoms with Gasteiger partial charge < -0.3 is 15.3 Å². The zero-order chi connectivity index (χ0) is 15.0. The Bertz CT molecular complexity index is 460. The van der Waals surface area contributed by atoms with Crippen LogP contribution in [0.5, 0.6) is 0 Å². The monoisotopic (exact) mass is 298 g/mol. The summed E-state index contributed by atoms with van der Waals surface area (Å²) in [5, 5.41) is 4.42. The Morgan fingerprint density at radius 2 is 2.05 bits per heavy atom. The maximum absolute atomic E-state index is 11.0. The van der Waals surface area contributed by atoms with Crippen molar-refractivity contribution >= 4 is 23.4 Å². The largest absolute Gasteiger partial charge is 0.463 e. The van der Waals surface area contributed by atoms with Crippen molar-refractivity contribution < 1.29 is 14.4 Å². The van der Waals surface area contributed by atoms with E-state index >= 15 is 0 Å². The number of oxime groups is 1. The van der Waals surface area contributed by atoms with E-state index in [0.717, 1.165) is 12.0 Å². The van der Waals surface area contributed by atoms with Crippen molar-refractivity contribution in [1.29, 1.82) is 0 Å². The average molecular weight is 299 g/mol. The van der Waals surface area contributed by atoms with Crippen molar-refractivity contribution in [2.75, 3.05) is 13.2 Å². The molecule has 6 heteroatoms. The second-order valence-corrected chi connectivity index (χ2v) is 4.76. The molecular weight excluding hydrogens is 280 g/mol. The van der Waals surface area contributed by atoms with E-state index < -0.39 is 5.97 Å². The number of carbonyl (C=O) groups excluding carboxylic acids is 1. The Kier molecular flexibility index (Phi) is 6.87. The number of hydrogen-bond donors (Lipinski definition) is 1. The highest BCUT2D eigenvalue weighted by molar-refractivity contribution is 6.30. The number of rotatable bonds is 7. The van der Waals surface area contributed by atoms with Gasteiger partial charge in [0.25, 0.3) is 0 Å². The number of halogens is 1. The molecule has 1 aromatic rings. The first-order chi connectivity index (χ1) is 9.52. The fourth-order valence-corrected chi connectivity index (χ4v) is 1.66. The molecule has 0 unspecified atom stereocenters. The van der Waals surface area contributed by atoms with Crippen molar-refractivity contribution in [3.63, 3.8) is 0 Å². The van der Waals surface area contributed by atoms with Gasteiger partial charge in [-0.3, -0.25) is 0 Å². The molecule has 20 heavy (non-hydrogen) atoms.